The van der Waals surface area contributed by atoms with Crippen LogP contribution in [0.15, 0.2) is 41.5 Å². The number of aromatic nitrogens is 2. The van der Waals surface area contributed by atoms with Gasteiger partial charge in [0.2, 0.25) is 0 Å². The first kappa shape index (κ1) is 21.6. The van der Waals surface area contributed by atoms with E-state index in [1.54, 1.807) is 0 Å². The molecule has 7 nitrogen and oxygen atoms in total. The third-order valence-corrected chi connectivity index (χ3v) is 6.37. The summed E-state index contributed by atoms with van der Waals surface area (Å²) in [5, 5.41) is 12.8. The van der Waals surface area contributed by atoms with Crippen molar-refractivity contribution in [3.8, 4) is 0 Å². The minimum absolute atomic E-state index is 0. The number of benzene rings is 1. The molecular weight excluding hydrogens is 428 g/mol. The van der Waals surface area contributed by atoms with E-state index in [1.807, 2.05) is 6.92 Å². The number of rotatable bonds is 3. The number of allylic oxidation sites excluding steroid dienone is 1. The molecule has 0 radical (unpaired) electrons. The standard InChI is InChI=1S/C21H21F2N5O2.ClH/c1-11(28-8-6-24-7-9-28)17-16-14(19(29)25-20(16)30)4-5-21(17,23)18-13-3-2-12(22)10-15(13)26-27-18;/h2-5,10-11,17,24H,6-9H2,1H3,(H,26,27)(H,25,29,30);1H. The first-order chi connectivity index (χ1) is 14.4. The van der Waals surface area contributed by atoms with Crippen molar-refractivity contribution in [2.45, 2.75) is 18.6 Å². The van der Waals surface area contributed by atoms with Gasteiger partial charge in [0.05, 0.1) is 11.2 Å². The Hall–Kier alpha value is -2.62. The average Bonchev–Trinajstić information content (AvgIpc) is 3.28. The molecule has 3 aliphatic rings. The van der Waals surface area contributed by atoms with Crippen molar-refractivity contribution in [2.75, 3.05) is 26.2 Å². The molecule has 0 spiro atoms. The fraction of sp³-hybridized carbons (Fsp3) is 0.381. The fourth-order valence-electron chi connectivity index (χ4n) is 4.88. The smallest absolute Gasteiger partial charge is 0.258 e. The highest BCUT2D eigenvalue weighted by molar-refractivity contribution is 6.21. The van der Waals surface area contributed by atoms with Gasteiger partial charge in [0.1, 0.15) is 5.82 Å². The molecule has 31 heavy (non-hydrogen) atoms. The summed E-state index contributed by atoms with van der Waals surface area (Å²) in [5.74, 6) is -2.48. The molecule has 0 bridgehead atoms. The second kappa shape index (κ2) is 7.81. The molecule has 1 fully saturated rings. The molecule has 10 heteroatoms. The summed E-state index contributed by atoms with van der Waals surface area (Å²) in [4.78, 5) is 27.1. The van der Waals surface area contributed by atoms with Gasteiger partial charge in [0.25, 0.3) is 11.8 Å². The number of carbonyl (C=O) groups is 2. The number of H-pyrrole nitrogens is 1. The maximum Gasteiger partial charge on any atom is 0.258 e. The molecule has 3 N–H and O–H groups in total. The first-order valence-corrected chi connectivity index (χ1v) is 9.97. The second-order valence-electron chi connectivity index (χ2n) is 7.98. The van der Waals surface area contributed by atoms with Gasteiger partial charge in [-0.2, -0.15) is 5.10 Å². The molecule has 164 valence electrons. The number of nitrogens with one attached hydrogen (secondary N) is 3. The monoisotopic (exact) mass is 449 g/mol. The third kappa shape index (κ3) is 3.28. The van der Waals surface area contributed by atoms with Gasteiger partial charge >= 0.3 is 0 Å². The quantitative estimate of drug-likeness (QED) is 0.621. The van der Waals surface area contributed by atoms with Crippen molar-refractivity contribution in [3.05, 3.63) is 53.0 Å². The Kier molecular flexibility index (Phi) is 5.45. The van der Waals surface area contributed by atoms with E-state index in [-0.39, 0.29) is 35.3 Å². The van der Waals surface area contributed by atoms with E-state index in [0.717, 1.165) is 13.1 Å². The largest absolute Gasteiger partial charge is 0.314 e. The number of carbonyl (C=O) groups excluding carboxylic acids is 2. The van der Waals surface area contributed by atoms with E-state index in [2.05, 4.69) is 25.7 Å². The van der Waals surface area contributed by atoms with Crippen molar-refractivity contribution in [2.24, 2.45) is 5.92 Å². The summed E-state index contributed by atoms with van der Waals surface area (Å²) in [6, 6.07) is 3.59. The van der Waals surface area contributed by atoms with Crippen LogP contribution in [0.1, 0.15) is 12.6 Å². The van der Waals surface area contributed by atoms with E-state index in [9.17, 15) is 14.0 Å². The number of alkyl halides is 1. The lowest BCUT2D eigenvalue weighted by Gasteiger charge is -2.43. The van der Waals surface area contributed by atoms with Gasteiger partial charge in [-0.15, -0.1) is 12.4 Å². The molecule has 0 saturated carbocycles. The molecule has 1 aromatic carbocycles. The van der Waals surface area contributed by atoms with E-state index < -0.39 is 29.2 Å². The van der Waals surface area contributed by atoms with Crippen LogP contribution in [0.25, 0.3) is 10.9 Å². The van der Waals surface area contributed by atoms with Gasteiger partial charge in [-0.3, -0.25) is 24.9 Å². The lowest BCUT2D eigenvalue weighted by molar-refractivity contribution is -0.124. The van der Waals surface area contributed by atoms with Gasteiger partial charge in [-0.05, 0) is 31.2 Å². The van der Waals surface area contributed by atoms with Crippen LogP contribution in [0, 0.1) is 11.7 Å². The van der Waals surface area contributed by atoms with Gasteiger partial charge in [-0.25, -0.2) is 8.78 Å². The van der Waals surface area contributed by atoms with Crippen molar-refractivity contribution >= 4 is 35.1 Å². The molecule has 3 unspecified atom stereocenters. The third-order valence-electron chi connectivity index (χ3n) is 6.37. The maximum absolute atomic E-state index is 17.0. The fourth-order valence-corrected chi connectivity index (χ4v) is 4.88. The lowest BCUT2D eigenvalue weighted by atomic mass is 9.71. The molecule has 2 aliphatic heterocycles. The summed E-state index contributed by atoms with van der Waals surface area (Å²) in [5.41, 5.74) is -1.32. The summed E-state index contributed by atoms with van der Waals surface area (Å²) in [6.07, 6.45) is 2.69. The van der Waals surface area contributed by atoms with Crippen LogP contribution in [0.2, 0.25) is 0 Å². The molecule has 3 heterocycles. The molecule has 1 aliphatic carbocycles. The number of halogens is 3. The van der Waals surface area contributed by atoms with Crippen LogP contribution >= 0.6 is 12.4 Å². The summed E-state index contributed by atoms with van der Waals surface area (Å²) >= 11 is 0. The van der Waals surface area contributed by atoms with E-state index >= 15 is 4.39 Å². The zero-order valence-electron chi connectivity index (χ0n) is 16.7. The first-order valence-electron chi connectivity index (χ1n) is 9.97. The van der Waals surface area contributed by atoms with Gasteiger partial charge in [0, 0.05) is 60.7 Å². The Morgan fingerprint density at radius 3 is 2.71 bits per heavy atom. The number of hydrogen-bond donors (Lipinski definition) is 3. The highest BCUT2D eigenvalue weighted by Gasteiger charge is 2.54. The number of nitrogens with zero attached hydrogens (tertiary/aromatic N) is 2. The Bertz CT molecular complexity index is 1120. The number of piperazine rings is 1. The molecular formula is C21H22ClF2N5O2. The van der Waals surface area contributed by atoms with Gasteiger partial charge < -0.3 is 5.32 Å². The Labute approximate surface area is 183 Å². The number of fused-ring (bicyclic) bond motifs is 1. The minimum atomic E-state index is -2.13. The molecule has 5 rings (SSSR count). The van der Waals surface area contributed by atoms with Crippen molar-refractivity contribution < 1.29 is 18.4 Å². The normalized spacial score (nSPS) is 27.3. The van der Waals surface area contributed by atoms with Crippen molar-refractivity contribution in [1.29, 1.82) is 0 Å². The highest BCUT2D eigenvalue weighted by atomic mass is 35.5. The molecule has 1 aromatic heterocycles. The predicted molar refractivity (Wildman–Crippen MR) is 113 cm³/mol. The van der Waals surface area contributed by atoms with E-state index in [1.165, 1.54) is 30.4 Å². The number of aromatic amines is 1. The number of amides is 2. The molecule has 3 atom stereocenters. The van der Waals surface area contributed by atoms with Crippen LogP contribution in [-0.4, -0.2) is 59.1 Å². The summed E-state index contributed by atoms with van der Waals surface area (Å²) < 4.78 is 30.6. The zero-order valence-corrected chi connectivity index (χ0v) is 17.6. The predicted octanol–water partition coefficient (Wildman–Crippen LogP) is 1.72. The van der Waals surface area contributed by atoms with Crippen molar-refractivity contribution in [1.82, 2.24) is 25.7 Å². The topological polar surface area (TPSA) is 90.1 Å². The van der Waals surface area contributed by atoms with Crippen LogP contribution in [0.3, 0.4) is 0 Å². The lowest BCUT2D eigenvalue weighted by Crippen LogP contribution is -2.54. The van der Waals surface area contributed by atoms with Crippen LogP contribution < -0.4 is 10.6 Å². The van der Waals surface area contributed by atoms with E-state index in [4.69, 9.17) is 0 Å². The van der Waals surface area contributed by atoms with E-state index in [0.29, 0.717) is 24.0 Å². The van der Waals surface area contributed by atoms with Crippen LogP contribution in [0.5, 0.6) is 0 Å². The van der Waals surface area contributed by atoms with Gasteiger partial charge in [0.15, 0.2) is 5.67 Å². The van der Waals surface area contributed by atoms with Crippen LogP contribution in [-0.2, 0) is 15.3 Å². The Morgan fingerprint density at radius 2 is 1.97 bits per heavy atom. The van der Waals surface area contributed by atoms with Crippen LogP contribution in [0.4, 0.5) is 8.78 Å². The molecule has 2 amide bonds. The minimum Gasteiger partial charge on any atom is -0.314 e. The Morgan fingerprint density at radius 1 is 1.23 bits per heavy atom. The number of imide groups is 1. The summed E-state index contributed by atoms with van der Waals surface area (Å²) in [7, 11) is 0. The highest BCUT2D eigenvalue weighted by Crippen LogP contribution is 2.49. The maximum atomic E-state index is 17.0. The molecule has 1 saturated heterocycles. The Balaban J connectivity index is 0.00000231. The average molecular weight is 450 g/mol. The SMILES string of the molecule is CC(C1C2=C(C=CC1(F)c1[nH]nc3cc(F)ccc13)C(=O)NC2=O)N1CCNCC1.Cl. The molecule has 2 aromatic rings. The van der Waals surface area contributed by atoms with Gasteiger partial charge in [-0.1, -0.05) is 0 Å². The second-order valence-corrected chi connectivity index (χ2v) is 7.98. The number of hydrogen-bond acceptors (Lipinski definition) is 5. The zero-order chi connectivity index (χ0) is 21.0. The summed E-state index contributed by atoms with van der Waals surface area (Å²) in [6.45, 7) is 4.79. The van der Waals surface area contributed by atoms with Crippen molar-refractivity contribution in [3.63, 3.8) is 0 Å².